The molecule has 1 heterocycles. The first-order valence-electron chi connectivity index (χ1n) is 30.2. The van der Waals surface area contributed by atoms with Crippen LogP contribution in [0.15, 0.2) is 186 Å². The lowest BCUT2D eigenvalue weighted by molar-refractivity contribution is 0.669. The molecule has 1 aromatic heterocycles. The Morgan fingerprint density at radius 1 is 0.314 bits per heavy atom. The second-order valence-electron chi connectivity index (χ2n) is 11.3. The average Bonchev–Trinajstić information content (AvgIpc) is 3.96. The van der Waals surface area contributed by atoms with Crippen LogP contribution in [-0.4, -0.2) is 0 Å². The molecule has 11 aromatic rings. The SMILES string of the molecule is [2H]c1c(-c2c([2H])c([2H])c([2H])c3c([2H])c([2H])c(-c4c5c([2H])c([2H])c([2H])c([2H])c5c(-c5c([2H])c([2H])c([2H])c6c([2H])c([2H])c([2H])c([2H])c56)c5c([2H])c([2H])c([2H])c([2H])c45)c([2H])c23)c([2H])c2c(oc3c([2H])c([2H])c4c([2H])c([2H])c([2H])c([2H])c4c32)c1[2H]. The van der Waals surface area contributed by atoms with Crippen LogP contribution in [0.1, 0.15) is 41.1 Å². The highest BCUT2D eigenvalue weighted by atomic mass is 16.3. The van der Waals surface area contributed by atoms with Crippen molar-refractivity contribution in [2.45, 2.75) is 0 Å². The minimum atomic E-state index is -1.10. The maximum atomic E-state index is 10.2. The number of hydrogen-bond acceptors (Lipinski definition) is 1. The molecule has 0 fully saturated rings. The van der Waals surface area contributed by atoms with Gasteiger partial charge < -0.3 is 4.42 Å². The van der Waals surface area contributed by atoms with E-state index in [-0.39, 0.29) is 0 Å². The standard InChI is InChI=1S/C50H30O/c1-3-15-36-31(11-1)13-10-22-39(36)49-42-19-7-5-17-40(42)48(41-18-6-8-20-43(41)49)35-24-23-33-14-9-21-37(44(33)30-35)34-26-27-46-45(29-34)50-38-16-4-2-12-32(38)25-28-47(50)51-46/h1-30H/i1D,2D,3D,4D,5D,6D,7D,8D,9D,10D,11D,12D,13D,14D,15D,16D,17D,18D,19D,20D,21D,22D,23D,24D,25D,26D,27D,28D,29D,30D. The van der Waals surface area contributed by atoms with Gasteiger partial charge in [-0.15, -0.1) is 0 Å². The van der Waals surface area contributed by atoms with E-state index in [1.807, 2.05) is 0 Å². The summed E-state index contributed by atoms with van der Waals surface area (Å²) in [6.07, 6.45) is 0. The third kappa shape index (κ3) is 4.22. The minimum Gasteiger partial charge on any atom is -0.456 e. The molecule has 0 atom stereocenters. The molecule has 10 aromatic carbocycles. The predicted molar refractivity (Wildman–Crippen MR) is 218 cm³/mol. The quantitative estimate of drug-likeness (QED) is 0.170. The zero-order valence-corrected chi connectivity index (χ0v) is 25.4. The summed E-state index contributed by atoms with van der Waals surface area (Å²) in [4.78, 5) is 0. The minimum absolute atomic E-state index is 0.413. The van der Waals surface area contributed by atoms with Crippen molar-refractivity contribution in [1.82, 2.24) is 0 Å². The van der Waals surface area contributed by atoms with Crippen molar-refractivity contribution in [3.8, 4) is 33.4 Å². The summed E-state index contributed by atoms with van der Waals surface area (Å²) in [7, 11) is 0. The Kier molecular flexibility index (Phi) is 2.50. The first-order valence-corrected chi connectivity index (χ1v) is 15.2. The first-order chi connectivity index (χ1) is 37.8. The summed E-state index contributed by atoms with van der Waals surface area (Å²) in [6, 6.07) is -28.5. The second-order valence-corrected chi connectivity index (χ2v) is 11.3. The Morgan fingerprint density at radius 3 is 1.53 bits per heavy atom. The molecule has 1 heteroatoms. The normalized spacial score (nSPS) is 20.2. The van der Waals surface area contributed by atoms with E-state index in [0.717, 1.165) is 0 Å². The van der Waals surface area contributed by atoms with Gasteiger partial charge in [0.1, 0.15) is 11.2 Å². The molecule has 0 spiro atoms. The highest BCUT2D eigenvalue weighted by molar-refractivity contribution is 6.24. The maximum Gasteiger partial charge on any atom is 0.136 e. The zero-order chi connectivity index (χ0) is 59.6. The Balaban J connectivity index is 1.43. The third-order valence-electron chi connectivity index (χ3n) is 8.57. The first kappa shape index (κ1) is 11.7. The summed E-state index contributed by atoms with van der Waals surface area (Å²) in [6.45, 7) is 0. The molecule has 0 aliphatic carbocycles. The number of furan rings is 1. The number of fused-ring (bicyclic) bond motifs is 9. The Labute approximate surface area is 336 Å². The van der Waals surface area contributed by atoms with Crippen LogP contribution in [0.3, 0.4) is 0 Å². The van der Waals surface area contributed by atoms with E-state index in [2.05, 4.69) is 0 Å². The molecular formula is C50H30O. The molecular weight excluding hydrogens is 617 g/mol. The average molecular weight is 677 g/mol. The number of hydrogen-bond donors (Lipinski definition) is 0. The fraction of sp³-hybridized carbons (Fsp3) is 0. The molecule has 0 amide bonds. The lowest BCUT2D eigenvalue weighted by atomic mass is 9.84. The fourth-order valence-corrected chi connectivity index (χ4v) is 6.42. The molecule has 0 aliphatic rings. The van der Waals surface area contributed by atoms with Crippen molar-refractivity contribution < 1.29 is 45.5 Å². The van der Waals surface area contributed by atoms with Crippen LogP contribution in [0.25, 0.3) is 109 Å². The molecule has 0 unspecified atom stereocenters. The molecule has 0 saturated carbocycles. The molecule has 0 radical (unpaired) electrons. The second kappa shape index (κ2) is 10.9. The van der Waals surface area contributed by atoms with E-state index in [0.29, 0.717) is 0 Å². The van der Waals surface area contributed by atoms with Crippen LogP contribution in [0.2, 0.25) is 0 Å². The van der Waals surface area contributed by atoms with Gasteiger partial charge in [-0.1, -0.05) is 157 Å². The van der Waals surface area contributed by atoms with Crippen molar-refractivity contribution in [1.29, 1.82) is 0 Å². The Bertz CT molecular complexity index is 4840. The van der Waals surface area contributed by atoms with E-state index in [1.54, 1.807) is 0 Å². The fourth-order valence-electron chi connectivity index (χ4n) is 6.42. The van der Waals surface area contributed by atoms with E-state index < -0.39 is 290 Å². The highest BCUT2D eigenvalue weighted by Crippen LogP contribution is 2.46. The molecule has 11 rings (SSSR count). The summed E-state index contributed by atoms with van der Waals surface area (Å²) in [5, 5.41) is -7.96. The van der Waals surface area contributed by atoms with Gasteiger partial charge in [0.15, 0.2) is 0 Å². The molecule has 0 bridgehead atoms. The molecule has 51 heavy (non-hydrogen) atoms. The van der Waals surface area contributed by atoms with Gasteiger partial charge in [0.05, 0.1) is 41.1 Å². The van der Waals surface area contributed by atoms with Gasteiger partial charge in [-0.2, -0.15) is 0 Å². The monoisotopic (exact) mass is 676 g/mol. The maximum absolute atomic E-state index is 10.2. The lowest BCUT2D eigenvalue weighted by Gasteiger charge is -2.19. The van der Waals surface area contributed by atoms with Crippen LogP contribution in [0, 0.1) is 0 Å². The topological polar surface area (TPSA) is 13.1 Å². The summed E-state index contributed by atoms with van der Waals surface area (Å²) < 4.78 is 279. The van der Waals surface area contributed by atoms with Crippen molar-refractivity contribution >= 4 is 75.8 Å². The van der Waals surface area contributed by atoms with Gasteiger partial charge in [0, 0.05) is 10.8 Å². The van der Waals surface area contributed by atoms with Gasteiger partial charge in [-0.25, -0.2) is 0 Å². The molecule has 236 valence electrons. The van der Waals surface area contributed by atoms with E-state index in [4.69, 9.17) is 29.1 Å². The van der Waals surface area contributed by atoms with Crippen molar-refractivity contribution in [3.05, 3.63) is 181 Å². The summed E-state index contributed by atoms with van der Waals surface area (Å²) in [5.74, 6) is 0. The van der Waals surface area contributed by atoms with Gasteiger partial charge in [-0.05, 0) is 111 Å². The highest BCUT2D eigenvalue weighted by Gasteiger charge is 2.19. The molecule has 1 nitrogen and oxygen atoms in total. The Hall–Kier alpha value is -6.70. The number of benzene rings is 10. The third-order valence-corrected chi connectivity index (χ3v) is 8.57. The van der Waals surface area contributed by atoms with Crippen LogP contribution < -0.4 is 0 Å². The predicted octanol–water partition coefficient (Wildman–Crippen LogP) is 14.4. The van der Waals surface area contributed by atoms with Crippen LogP contribution in [0.4, 0.5) is 0 Å². The van der Waals surface area contributed by atoms with E-state index in [1.165, 1.54) is 0 Å². The smallest absolute Gasteiger partial charge is 0.136 e. The van der Waals surface area contributed by atoms with E-state index in [9.17, 15) is 16.4 Å². The summed E-state index contributed by atoms with van der Waals surface area (Å²) in [5.41, 5.74) is -6.06. The van der Waals surface area contributed by atoms with E-state index >= 15 is 0 Å². The van der Waals surface area contributed by atoms with Gasteiger partial charge >= 0.3 is 0 Å². The Morgan fingerprint density at radius 2 is 0.804 bits per heavy atom. The lowest BCUT2D eigenvalue weighted by Crippen LogP contribution is -1.92. The van der Waals surface area contributed by atoms with Crippen molar-refractivity contribution in [2.24, 2.45) is 0 Å². The van der Waals surface area contributed by atoms with Gasteiger partial charge in [0.2, 0.25) is 0 Å². The molecule has 0 aliphatic heterocycles. The van der Waals surface area contributed by atoms with Gasteiger partial charge in [0.25, 0.3) is 0 Å². The van der Waals surface area contributed by atoms with Crippen LogP contribution in [-0.2, 0) is 0 Å². The van der Waals surface area contributed by atoms with Crippen molar-refractivity contribution in [2.75, 3.05) is 0 Å². The number of rotatable bonds is 3. The molecule has 0 saturated heterocycles. The summed E-state index contributed by atoms with van der Waals surface area (Å²) >= 11 is 0. The zero-order valence-electron chi connectivity index (χ0n) is 55.4. The van der Waals surface area contributed by atoms with Crippen LogP contribution >= 0.6 is 0 Å². The largest absolute Gasteiger partial charge is 0.456 e. The molecule has 0 N–H and O–H groups in total. The van der Waals surface area contributed by atoms with Crippen LogP contribution in [0.5, 0.6) is 0 Å². The van der Waals surface area contributed by atoms with Crippen molar-refractivity contribution in [3.63, 3.8) is 0 Å². The van der Waals surface area contributed by atoms with Gasteiger partial charge in [-0.3, -0.25) is 0 Å².